The van der Waals surface area contributed by atoms with Crippen molar-refractivity contribution >= 4 is 21.9 Å². The van der Waals surface area contributed by atoms with E-state index in [4.69, 9.17) is 4.74 Å². The zero-order valence-corrected chi connectivity index (χ0v) is 18.5. The minimum Gasteiger partial charge on any atom is -0.444 e. The van der Waals surface area contributed by atoms with Gasteiger partial charge in [-0.25, -0.2) is 13.2 Å². The van der Waals surface area contributed by atoms with Crippen molar-refractivity contribution in [1.82, 2.24) is 16.0 Å². The molecule has 0 saturated carbocycles. The first-order valence-corrected chi connectivity index (χ1v) is 11.6. The molecular weight excluding hydrogens is 368 g/mol. The normalized spacial score (nSPS) is 13.8. The maximum absolute atomic E-state index is 11.9. The van der Waals surface area contributed by atoms with E-state index in [9.17, 15) is 13.2 Å². The molecule has 3 N–H and O–H groups in total. The fourth-order valence-corrected chi connectivity index (χ4v) is 2.81. The van der Waals surface area contributed by atoms with Crippen molar-refractivity contribution < 1.29 is 17.9 Å². The van der Waals surface area contributed by atoms with Crippen molar-refractivity contribution in [1.29, 1.82) is 0 Å². The molecule has 0 rings (SSSR count). The van der Waals surface area contributed by atoms with Gasteiger partial charge < -0.3 is 20.7 Å². The Kier molecular flexibility index (Phi) is 12.1. The van der Waals surface area contributed by atoms with Crippen molar-refractivity contribution in [2.45, 2.75) is 72.4 Å². The molecule has 27 heavy (non-hydrogen) atoms. The largest absolute Gasteiger partial charge is 0.444 e. The summed E-state index contributed by atoms with van der Waals surface area (Å²) in [4.78, 5) is 16.2. The molecular formula is C18H38N4O4S. The van der Waals surface area contributed by atoms with Gasteiger partial charge >= 0.3 is 6.09 Å². The average molecular weight is 407 g/mol. The smallest absolute Gasteiger partial charge is 0.407 e. The van der Waals surface area contributed by atoms with Gasteiger partial charge in [-0.1, -0.05) is 26.7 Å². The Morgan fingerprint density at radius 1 is 1.15 bits per heavy atom. The highest BCUT2D eigenvalue weighted by Crippen LogP contribution is 2.07. The molecule has 1 unspecified atom stereocenters. The van der Waals surface area contributed by atoms with E-state index in [0.717, 1.165) is 19.3 Å². The molecule has 0 bridgehead atoms. The molecule has 0 heterocycles. The number of amides is 1. The van der Waals surface area contributed by atoms with Crippen LogP contribution in [0.2, 0.25) is 0 Å². The third-order valence-corrected chi connectivity index (χ3v) is 5.28. The van der Waals surface area contributed by atoms with Crippen molar-refractivity contribution in [3.63, 3.8) is 0 Å². The van der Waals surface area contributed by atoms with Crippen LogP contribution in [0.5, 0.6) is 0 Å². The van der Waals surface area contributed by atoms with Crippen LogP contribution >= 0.6 is 0 Å². The molecule has 0 aliphatic rings. The summed E-state index contributed by atoms with van der Waals surface area (Å²) in [6.45, 7) is 12.4. The molecule has 0 fully saturated rings. The minimum absolute atomic E-state index is 0.0237. The molecule has 1 amide bonds. The highest BCUT2D eigenvalue weighted by molar-refractivity contribution is 7.91. The van der Waals surface area contributed by atoms with Crippen LogP contribution in [0.4, 0.5) is 4.79 Å². The monoisotopic (exact) mass is 406 g/mol. The van der Waals surface area contributed by atoms with Gasteiger partial charge in [-0.15, -0.1) is 0 Å². The summed E-state index contributed by atoms with van der Waals surface area (Å²) in [5, 5.41) is 9.19. The van der Waals surface area contributed by atoms with E-state index in [-0.39, 0.29) is 24.1 Å². The summed E-state index contributed by atoms with van der Waals surface area (Å²) in [5.74, 6) is 0.692. The topological polar surface area (TPSA) is 109 Å². The summed E-state index contributed by atoms with van der Waals surface area (Å²) in [5.41, 5.74) is -0.544. The van der Waals surface area contributed by atoms with Gasteiger partial charge in [0, 0.05) is 24.9 Å². The lowest BCUT2D eigenvalue weighted by molar-refractivity contribution is 0.0522. The summed E-state index contributed by atoms with van der Waals surface area (Å²) >= 11 is 0. The molecule has 8 nitrogen and oxygen atoms in total. The van der Waals surface area contributed by atoms with E-state index < -0.39 is 21.5 Å². The Morgan fingerprint density at radius 2 is 1.81 bits per heavy atom. The van der Waals surface area contributed by atoms with Crippen molar-refractivity contribution in [2.75, 3.05) is 31.1 Å². The number of rotatable bonds is 11. The number of ether oxygens (including phenoxy) is 1. The van der Waals surface area contributed by atoms with Gasteiger partial charge in [-0.05, 0) is 34.1 Å². The van der Waals surface area contributed by atoms with Crippen LogP contribution in [0, 0.1) is 0 Å². The number of hydrogen-bond acceptors (Lipinski definition) is 5. The van der Waals surface area contributed by atoms with Gasteiger partial charge in [0.05, 0.1) is 12.3 Å². The van der Waals surface area contributed by atoms with Crippen LogP contribution in [0.1, 0.15) is 60.8 Å². The predicted molar refractivity (Wildman–Crippen MR) is 111 cm³/mol. The second kappa shape index (κ2) is 12.8. The number of guanidine groups is 1. The number of sulfone groups is 1. The number of unbranched alkanes of at least 4 members (excludes halogenated alkanes) is 1. The van der Waals surface area contributed by atoms with Crippen LogP contribution in [0.3, 0.4) is 0 Å². The summed E-state index contributed by atoms with van der Waals surface area (Å²) in [7, 11) is -3.05. The summed E-state index contributed by atoms with van der Waals surface area (Å²) in [6, 6.07) is -0.0296. The number of carbonyl (C=O) groups excluding carboxylic acids is 1. The van der Waals surface area contributed by atoms with Crippen LogP contribution < -0.4 is 16.0 Å². The number of nitrogens with zero attached hydrogens (tertiary/aromatic N) is 1. The Labute approximate surface area is 164 Å². The van der Waals surface area contributed by atoms with Crippen molar-refractivity contribution in [2.24, 2.45) is 4.99 Å². The van der Waals surface area contributed by atoms with Gasteiger partial charge in [-0.3, -0.25) is 4.99 Å². The fourth-order valence-electron chi connectivity index (χ4n) is 2.15. The molecule has 0 aliphatic heterocycles. The molecule has 0 saturated heterocycles. The molecule has 0 aromatic rings. The second-order valence-electron chi connectivity index (χ2n) is 7.36. The molecule has 9 heteroatoms. The Morgan fingerprint density at radius 3 is 2.33 bits per heavy atom. The second-order valence-corrected chi connectivity index (χ2v) is 9.84. The number of alkyl carbamates (subject to hydrolysis) is 1. The van der Waals surface area contributed by atoms with E-state index in [1.54, 1.807) is 6.92 Å². The predicted octanol–water partition coefficient (Wildman–Crippen LogP) is 2.06. The number of carbonyl (C=O) groups is 1. The van der Waals surface area contributed by atoms with Crippen LogP contribution in [0.15, 0.2) is 4.99 Å². The zero-order valence-electron chi connectivity index (χ0n) is 17.7. The SMILES string of the molecule is CCCCC(CNC(=O)OC(C)(C)C)NC(=NCCS(=O)(=O)CC)NCC. The van der Waals surface area contributed by atoms with Gasteiger partial charge in [0.1, 0.15) is 5.60 Å². The van der Waals surface area contributed by atoms with E-state index in [1.807, 2.05) is 27.7 Å². The van der Waals surface area contributed by atoms with E-state index in [2.05, 4.69) is 27.9 Å². The highest BCUT2D eigenvalue weighted by Gasteiger charge is 2.18. The van der Waals surface area contributed by atoms with Crippen LogP contribution in [-0.2, 0) is 14.6 Å². The van der Waals surface area contributed by atoms with Gasteiger partial charge in [-0.2, -0.15) is 0 Å². The molecule has 0 aromatic carbocycles. The molecule has 0 aliphatic carbocycles. The quantitative estimate of drug-likeness (QED) is 0.358. The lowest BCUT2D eigenvalue weighted by atomic mass is 10.1. The fraction of sp³-hybridized carbons (Fsp3) is 0.889. The maximum atomic E-state index is 11.9. The first-order valence-electron chi connectivity index (χ1n) is 9.75. The Balaban J connectivity index is 4.84. The minimum atomic E-state index is -3.05. The third-order valence-electron chi connectivity index (χ3n) is 3.59. The lowest BCUT2D eigenvalue weighted by Crippen LogP contribution is -2.49. The molecule has 0 aromatic heterocycles. The molecule has 160 valence electrons. The van der Waals surface area contributed by atoms with Crippen LogP contribution in [-0.4, -0.2) is 63.3 Å². The van der Waals surface area contributed by atoms with E-state index in [0.29, 0.717) is 19.0 Å². The number of aliphatic imine (C=N–C) groups is 1. The summed E-state index contributed by atoms with van der Waals surface area (Å²) in [6.07, 6.45) is 2.43. The van der Waals surface area contributed by atoms with Gasteiger partial charge in [0.25, 0.3) is 0 Å². The van der Waals surface area contributed by atoms with E-state index in [1.165, 1.54) is 0 Å². The lowest BCUT2D eigenvalue weighted by Gasteiger charge is -2.24. The molecule has 0 radical (unpaired) electrons. The van der Waals surface area contributed by atoms with Crippen molar-refractivity contribution in [3.8, 4) is 0 Å². The maximum Gasteiger partial charge on any atom is 0.407 e. The first-order chi connectivity index (χ1) is 12.5. The van der Waals surface area contributed by atoms with Gasteiger partial charge in [0.15, 0.2) is 15.8 Å². The standard InChI is InChI=1S/C18H38N4O4S/c1-7-10-11-15(14-21-17(23)26-18(4,5)6)22-16(19-8-2)20-12-13-27(24,25)9-3/h15H,7-14H2,1-6H3,(H,21,23)(H2,19,20,22). The third kappa shape index (κ3) is 14.2. The average Bonchev–Trinajstić information content (AvgIpc) is 2.55. The Hall–Kier alpha value is -1.51. The summed E-state index contributed by atoms with van der Waals surface area (Å²) < 4.78 is 28.5. The number of nitrogens with one attached hydrogen (secondary N) is 3. The highest BCUT2D eigenvalue weighted by atomic mass is 32.2. The van der Waals surface area contributed by atoms with Gasteiger partial charge in [0.2, 0.25) is 0 Å². The molecule has 0 spiro atoms. The first kappa shape index (κ1) is 25.5. The van der Waals surface area contributed by atoms with Crippen molar-refractivity contribution in [3.05, 3.63) is 0 Å². The number of hydrogen-bond donors (Lipinski definition) is 3. The molecule has 1 atom stereocenters. The van der Waals surface area contributed by atoms with E-state index >= 15 is 0 Å². The van der Waals surface area contributed by atoms with Crippen LogP contribution in [0.25, 0.3) is 0 Å². The zero-order chi connectivity index (χ0) is 20.9. The Bertz CT molecular complexity index is 556.